The van der Waals surface area contributed by atoms with Crippen molar-refractivity contribution in [2.45, 2.75) is 12.5 Å². The molecule has 1 heterocycles. The van der Waals surface area contributed by atoms with E-state index in [9.17, 15) is 0 Å². The minimum atomic E-state index is 0.198. The highest BCUT2D eigenvalue weighted by atomic mass is 15.2. The molecule has 0 saturated heterocycles. The maximum Gasteiger partial charge on any atom is 0.0567 e. The summed E-state index contributed by atoms with van der Waals surface area (Å²) in [5.41, 5.74) is 9.55. The van der Waals surface area contributed by atoms with E-state index < -0.39 is 0 Å². The number of nitrogens with one attached hydrogen (secondary N) is 1. The molecule has 188 valence electrons. The molecule has 1 aromatic heterocycles. The fourth-order valence-corrected chi connectivity index (χ4v) is 5.73. The van der Waals surface area contributed by atoms with Gasteiger partial charge in [0.05, 0.1) is 6.04 Å². The van der Waals surface area contributed by atoms with Gasteiger partial charge in [0.15, 0.2) is 0 Å². The fraction of sp³-hybridized carbons (Fsp3) is 0.0556. The summed E-state index contributed by atoms with van der Waals surface area (Å²) >= 11 is 0. The molecule has 0 radical (unpaired) electrons. The Labute approximate surface area is 229 Å². The average molecular weight is 504 g/mol. The van der Waals surface area contributed by atoms with Crippen LogP contribution in [0.15, 0.2) is 146 Å². The van der Waals surface area contributed by atoms with Crippen LogP contribution >= 0.6 is 0 Å². The van der Waals surface area contributed by atoms with Gasteiger partial charge in [0, 0.05) is 45.0 Å². The van der Waals surface area contributed by atoms with Gasteiger partial charge in [-0.25, -0.2) is 0 Å². The molecular formula is C36H29N3. The molecule has 0 amide bonds. The lowest BCUT2D eigenvalue weighted by atomic mass is 9.94. The molecule has 0 saturated carbocycles. The zero-order chi connectivity index (χ0) is 26.0. The van der Waals surface area contributed by atoms with Gasteiger partial charge in [-0.05, 0) is 84.8 Å². The first-order valence-electron chi connectivity index (χ1n) is 13.5. The lowest BCUT2D eigenvalue weighted by Gasteiger charge is -2.34. The van der Waals surface area contributed by atoms with E-state index in [1.54, 1.807) is 0 Å². The van der Waals surface area contributed by atoms with E-state index in [1.807, 2.05) is 0 Å². The van der Waals surface area contributed by atoms with Crippen molar-refractivity contribution in [1.29, 1.82) is 0 Å². The Kier molecular flexibility index (Phi) is 5.95. The van der Waals surface area contributed by atoms with Crippen LogP contribution in [0.4, 0.5) is 28.4 Å². The van der Waals surface area contributed by atoms with Crippen LogP contribution in [0, 0.1) is 0 Å². The summed E-state index contributed by atoms with van der Waals surface area (Å²) in [6.45, 7) is 0. The van der Waals surface area contributed by atoms with Gasteiger partial charge < -0.3 is 14.8 Å². The third-order valence-corrected chi connectivity index (χ3v) is 7.51. The molecule has 7 rings (SSSR count). The standard InChI is InChI=1S/C36H29N3/c1-5-13-27(14-6-1)38(28-15-7-2-8-16-28)31-21-23-35-33(25-31)34-26-32(22-24-36(34)37-35)39(29-17-9-3-10-18-29)30-19-11-4-12-20-30/h1-25,32,37H,26H2. The maximum atomic E-state index is 3.68. The van der Waals surface area contributed by atoms with E-state index in [4.69, 9.17) is 0 Å². The number of anilines is 5. The summed E-state index contributed by atoms with van der Waals surface area (Å²) in [6, 6.07) is 49.6. The van der Waals surface area contributed by atoms with Crippen LogP contribution in [0.2, 0.25) is 0 Å². The number of H-pyrrole nitrogens is 1. The number of nitrogens with zero attached hydrogens (tertiary/aromatic N) is 2. The minimum Gasteiger partial charge on any atom is -0.355 e. The Hall–Kier alpha value is -5.02. The molecule has 1 aliphatic rings. The second-order valence-corrected chi connectivity index (χ2v) is 9.93. The molecule has 1 atom stereocenters. The van der Waals surface area contributed by atoms with Crippen molar-refractivity contribution in [2.24, 2.45) is 0 Å². The molecule has 3 nitrogen and oxygen atoms in total. The van der Waals surface area contributed by atoms with Crippen LogP contribution in [0.25, 0.3) is 17.0 Å². The van der Waals surface area contributed by atoms with Crippen LogP contribution in [0.1, 0.15) is 11.3 Å². The van der Waals surface area contributed by atoms with Crippen molar-refractivity contribution in [1.82, 2.24) is 4.98 Å². The van der Waals surface area contributed by atoms with E-state index in [2.05, 4.69) is 166 Å². The van der Waals surface area contributed by atoms with Gasteiger partial charge in [-0.15, -0.1) is 0 Å². The van der Waals surface area contributed by atoms with Crippen LogP contribution in [-0.4, -0.2) is 11.0 Å². The van der Waals surface area contributed by atoms with E-state index >= 15 is 0 Å². The molecule has 0 bridgehead atoms. The van der Waals surface area contributed by atoms with Crippen molar-refractivity contribution in [3.63, 3.8) is 0 Å². The Balaban J connectivity index is 1.32. The van der Waals surface area contributed by atoms with E-state index in [1.165, 1.54) is 33.5 Å². The van der Waals surface area contributed by atoms with E-state index in [-0.39, 0.29) is 6.04 Å². The lowest BCUT2D eigenvalue weighted by Crippen LogP contribution is -2.32. The largest absolute Gasteiger partial charge is 0.355 e. The Bertz CT molecular complexity index is 1640. The number of para-hydroxylation sites is 4. The van der Waals surface area contributed by atoms with Gasteiger partial charge in [-0.1, -0.05) is 78.9 Å². The topological polar surface area (TPSA) is 22.3 Å². The quantitative estimate of drug-likeness (QED) is 0.245. The van der Waals surface area contributed by atoms with Crippen molar-refractivity contribution in [3.8, 4) is 0 Å². The fourth-order valence-electron chi connectivity index (χ4n) is 5.73. The molecule has 0 aliphatic heterocycles. The Morgan fingerprint density at radius 2 is 1.05 bits per heavy atom. The summed E-state index contributed by atoms with van der Waals surface area (Å²) in [7, 11) is 0. The van der Waals surface area contributed by atoms with Crippen molar-refractivity contribution < 1.29 is 0 Å². The second kappa shape index (κ2) is 10.0. The molecule has 39 heavy (non-hydrogen) atoms. The molecule has 1 unspecified atom stereocenters. The van der Waals surface area contributed by atoms with Crippen LogP contribution < -0.4 is 9.80 Å². The zero-order valence-corrected chi connectivity index (χ0v) is 21.6. The maximum absolute atomic E-state index is 3.68. The number of aromatic nitrogens is 1. The van der Waals surface area contributed by atoms with Gasteiger partial charge in [-0.3, -0.25) is 0 Å². The van der Waals surface area contributed by atoms with Crippen molar-refractivity contribution >= 4 is 45.4 Å². The number of aromatic amines is 1. The first kappa shape index (κ1) is 23.1. The van der Waals surface area contributed by atoms with Gasteiger partial charge in [-0.2, -0.15) is 0 Å². The number of benzene rings is 5. The summed E-state index contributed by atoms with van der Waals surface area (Å²) in [4.78, 5) is 8.45. The number of rotatable bonds is 6. The zero-order valence-electron chi connectivity index (χ0n) is 21.6. The average Bonchev–Trinajstić information content (AvgIpc) is 3.37. The predicted octanol–water partition coefficient (Wildman–Crippen LogP) is 9.41. The summed E-state index contributed by atoms with van der Waals surface area (Å²) < 4.78 is 0. The molecule has 5 aromatic carbocycles. The molecule has 0 spiro atoms. The molecule has 0 fully saturated rings. The smallest absolute Gasteiger partial charge is 0.0567 e. The number of fused-ring (bicyclic) bond motifs is 3. The normalized spacial score (nSPS) is 14.2. The van der Waals surface area contributed by atoms with E-state index in [0.717, 1.165) is 23.5 Å². The van der Waals surface area contributed by atoms with E-state index in [0.29, 0.717) is 0 Å². The second-order valence-electron chi connectivity index (χ2n) is 9.93. The predicted molar refractivity (Wildman–Crippen MR) is 165 cm³/mol. The molecule has 6 aromatic rings. The van der Waals surface area contributed by atoms with Gasteiger partial charge >= 0.3 is 0 Å². The number of hydrogen-bond acceptors (Lipinski definition) is 2. The van der Waals surface area contributed by atoms with Crippen molar-refractivity contribution in [2.75, 3.05) is 9.80 Å². The Morgan fingerprint density at radius 3 is 1.59 bits per heavy atom. The van der Waals surface area contributed by atoms with Crippen LogP contribution in [0.3, 0.4) is 0 Å². The third-order valence-electron chi connectivity index (χ3n) is 7.51. The highest BCUT2D eigenvalue weighted by Gasteiger charge is 2.25. The van der Waals surface area contributed by atoms with Crippen molar-refractivity contribution in [3.05, 3.63) is 157 Å². The number of hydrogen-bond donors (Lipinski definition) is 1. The summed E-state index contributed by atoms with van der Waals surface area (Å²) in [6.07, 6.45) is 5.50. The first-order valence-corrected chi connectivity index (χ1v) is 13.5. The van der Waals surface area contributed by atoms with Crippen LogP contribution in [-0.2, 0) is 6.42 Å². The third kappa shape index (κ3) is 4.38. The van der Waals surface area contributed by atoms with Crippen LogP contribution in [0.5, 0.6) is 0 Å². The molecule has 1 N–H and O–H groups in total. The SMILES string of the molecule is C1=CC(N(c2ccccc2)c2ccccc2)Cc2c1[nH]c1ccc(N(c3ccccc3)c3ccccc3)cc21. The van der Waals surface area contributed by atoms with Gasteiger partial charge in [0.25, 0.3) is 0 Å². The van der Waals surface area contributed by atoms with Gasteiger partial charge in [0.2, 0.25) is 0 Å². The molecular weight excluding hydrogens is 474 g/mol. The Morgan fingerprint density at radius 1 is 0.538 bits per heavy atom. The highest BCUT2D eigenvalue weighted by molar-refractivity contribution is 5.93. The first-order chi connectivity index (χ1) is 19.3. The molecule has 1 aliphatic carbocycles. The molecule has 3 heteroatoms. The van der Waals surface area contributed by atoms with Gasteiger partial charge in [0.1, 0.15) is 0 Å². The summed E-state index contributed by atoms with van der Waals surface area (Å²) in [5.74, 6) is 0. The lowest BCUT2D eigenvalue weighted by molar-refractivity contribution is 0.769. The monoisotopic (exact) mass is 503 g/mol. The highest BCUT2D eigenvalue weighted by Crippen LogP contribution is 2.39. The summed E-state index contributed by atoms with van der Waals surface area (Å²) in [5, 5.41) is 1.27. The minimum absolute atomic E-state index is 0.198.